The molecule has 3 fully saturated rings. The van der Waals surface area contributed by atoms with E-state index in [9.17, 15) is 4.79 Å². The van der Waals surface area contributed by atoms with Crippen molar-refractivity contribution in [3.8, 4) is 0 Å². The first kappa shape index (κ1) is 41.5. The Balaban J connectivity index is 1.21. The van der Waals surface area contributed by atoms with Crippen molar-refractivity contribution in [1.29, 1.82) is 0 Å². The molecule has 1 amide bonds. The van der Waals surface area contributed by atoms with Gasteiger partial charge in [-0.2, -0.15) is 0 Å². The summed E-state index contributed by atoms with van der Waals surface area (Å²) in [5, 5.41) is 4.18. The summed E-state index contributed by atoms with van der Waals surface area (Å²) >= 11 is 0. The Kier molecular flexibility index (Phi) is 16.7. The molecule has 49 heavy (non-hydrogen) atoms. The molecule has 2 unspecified atom stereocenters. The third-order valence-corrected chi connectivity index (χ3v) is 16.8. The minimum Gasteiger partial charge on any atom is -0.343 e. The van der Waals surface area contributed by atoms with Crippen LogP contribution >= 0.6 is 21.6 Å². The summed E-state index contributed by atoms with van der Waals surface area (Å²) in [6, 6.07) is 0.375. The van der Waals surface area contributed by atoms with E-state index < -0.39 is 0 Å². The van der Waals surface area contributed by atoms with Gasteiger partial charge in [0.1, 0.15) is 0 Å². The molecule has 5 nitrogen and oxygen atoms in total. The number of carbonyl (C=O) groups is 1. The highest BCUT2D eigenvalue weighted by atomic mass is 33.1. The number of carbonyl (C=O) groups excluding carboxylic acids is 1. The van der Waals surface area contributed by atoms with Gasteiger partial charge in [0.05, 0.1) is 0 Å². The maximum absolute atomic E-state index is 13.3. The molecule has 0 radical (unpaired) electrons. The van der Waals surface area contributed by atoms with E-state index in [0.717, 1.165) is 93.1 Å². The fourth-order valence-corrected chi connectivity index (χ4v) is 13.5. The van der Waals surface area contributed by atoms with Gasteiger partial charge < -0.3 is 21.7 Å². The minimum absolute atomic E-state index is 0.128. The molecule has 0 aromatic heterocycles. The summed E-state index contributed by atoms with van der Waals surface area (Å²) < 4.78 is 0. The predicted octanol–water partition coefficient (Wildman–Crippen LogP) is 9.84. The van der Waals surface area contributed by atoms with Crippen LogP contribution in [-0.4, -0.2) is 60.1 Å². The van der Waals surface area contributed by atoms with Crippen molar-refractivity contribution in [2.45, 2.75) is 169 Å². The van der Waals surface area contributed by atoms with Crippen molar-refractivity contribution >= 4 is 27.5 Å². The maximum atomic E-state index is 13.3. The fourth-order valence-electron chi connectivity index (χ4n) is 10.9. The highest BCUT2D eigenvalue weighted by molar-refractivity contribution is 8.76. The molecule has 0 bridgehead atoms. The molecule has 5 N–H and O–H groups in total. The van der Waals surface area contributed by atoms with Crippen LogP contribution < -0.4 is 16.8 Å². The van der Waals surface area contributed by atoms with Gasteiger partial charge >= 0.3 is 0 Å². The van der Waals surface area contributed by atoms with E-state index in [-0.39, 0.29) is 12.1 Å². The van der Waals surface area contributed by atoms with Crippen LogP contribution in [0.25, 0.3) is 0 Å². The summed E-state index contributed by atoms with van der Waals surface area (Å²) in [5.41, 5.74) is 14.7. The van der Waals surface area contributed by atoms with E-state index in [0.29, 0.717) is 28.4 Å². The van der Waals surface area contributed by atoms with E-state index >= 15 is 0 Å². The third-order valence-electron chi connectivity index (χ3n) is 13.9. The first-order valence-corrected chi connectivity index (χ1v) is 23.2. The molecule has 0 spiro atoms. The first-order chi connectivity index (χ1) is 23.3. The van der Waals surface area contributed by atoms with Gasteiger partial charge in [-0.1, -0.05) is 87.1 Å². The van der Waals surface area contributed by atoms with E-state index in [1.54, 1.807) is 5.57 Å². The molecule has 0 saturated heterocycles. The molecule has 4 aliphatic rings. The van der Waals surface area contributed by atoms with Gasteiger partial charge in [0.25, 0.3) is 0 Å². The zero-order valence-corrected chi connectivity index (χ0v) is 34.6. The summed E-state index contributed by atoms with van der Waals surface area (Å²) in [7, 11) is 4.03. The Labute approximate surface area is 311 Å². The molecule has 0 aromatic carbocycles. The molecule has 7 heteroatoms. The second-order valence-corrected chi connectivity index (χ2v) is 21.0. The molecule has 10 atom stereocenters. The predicted molar refractivity (Wildman–Crippen MR) is 217 cm³/mol. The van der Waals surface area contributed by atoms with Gasteiger partial charge in [-0.15, -0.1) is 0 Å². The second kappa shape index (κ2) is 19.7. The molecule has 3 saturated carbocycles. The topological polar surface area (TPSA) is 84.4 Å². The van der Waals surface area contributed by atoms with Crippen molar-refractivity contribution < 1.29 is 4.79 Å². The monoisotopic (exact) mass is 719 g/mol. The molecule has 4 rings (SSSR count). The van der Waals surface area contributed by atoms with Gasteiger partial charge in [0, 0.05) is 42.6 Å². The van der Waals surface area contributed by atoms with Gasteiger partial charge in [-0.25, -0.2) is 0 Å². The summed E-state index contributed by atoms with van der Waals surface area (Å²) in [5.74, 6) is 6.62. The molecular formula is C42H78N4OS2. The number of nitrogens with two attached hydrogens (primary N) is 2. The first-order valence-electron chi connectivity index (χ1n) is 20.8. The van der Waals surface area contributed by atoms with Crippen LogP contribution in [0, 0.1) is 46.3 Å². The highest BCUT2D eigenvalue weighted by Gasteiger charge is 2.59. The number of nitrogens with zero attached hydrogens (tertiary/aromatic N) is 1. The summed E-state index contributed by atoms with van der Waals surface area (Å²) in [6.45, 7) is 20.4. The second-order valence-electron chi connectivity index (χ2n) is 18.2. The van der Waals surface area contributed by atoms with Crippen molar-refractivity contribution in [1.82, 2.24) is 10.2 Å². The molecule has 0 aromatic rings. The fraction of sp³-hybridized carbons (Fsp3) is 0.929. The number of amides is 1. The zero-order chi connectivity index (χ0) is 35.6. The van der Waals surface area contributed by atoms with Crippen LogP contribution in [0.3, 0.4) is 0 Å². The Morgan fingerprint density at radius 1 is 0.898 bits per heavy atom. The normalized spacial score (nSPS) is 32.9. The van der Waals surface area contributed by atoms with Crippen molar-refractivity contribution in [3.63, 3.8) is 0 Å². The Morgan fingerprint density at radius 3 is 2.41 bits per heavy atom. The molecule has 4 aliphatic carbocycles. The number of hydrogen-bond donors (Lipinski definition) is 3. The van der Waals surface area contributed by atoms with Gasteiger partial charge in [-0.05, 0) is 150 Å². The largest absolute Gasteiger partial charge is 0.343 e. The van der Waals surface area contributed by atoms with Crippen LogP contribution in [0.5, 0.6) is 0 Å². The average molecular weight is 719 g/mol. The number of unbranched alkanes of at least 4 members (excludes halogenated alkanes) is 1. The quantitative estimate of drug-likeness (QED) is 0.0623. The van der Waals surface area contributed by atoms with E-state index in [1.165, 1.54) is 70.6 Å². The number of fused-ring (bicyclic) bond motifs is 5. The van der Waals surface area contributed by atoms with Crippen LogP contribution in [0.15, 0.2) is 11.6 Å². The van der Waals surface area contributed by atoms with Gasteiger partial charge in [0.15, 0.2) is 0 Å². The minimum atomic E-state index is 0.128. The molecule has 0 heterocycles. The summed E-state index contributed by atoms with van der Waals surface area (Å²) in [4.78, 5) is 15.3. The number of hydrogen-bond acceptors (Lipinski definition) is 6. The highest BCUT2D eigenvalue weighted by Crippen LogP contribution is 2.67. The Morgan fingerprint density at radius 2 is 1.67 bits per heavy atom. The lowest BCUT2D eigenvalue weighted by Crippen LogP contribution is -2.50. The molecule has 0 aliphatic heterocycles. The lowest BCUT2D eigenvalue weighted by molar-refractivity contribution is -0.130. The van der Waals surface area contributed by atoms with E-state index in [4.69, 9.17) is 11.5 Å². The van der Waals surface area contributed by atoms with Gasteiger partial charge in [-0.3, -0.25) is 4.79 Å². The lowest BCUT2D eigenvalue weighted by atomic mass is 9.47. The van der Waals surface area contributed by atoms with Crippen LogP contribution in [-0.2, 0) is 4.79 Å². The Bertz CT molecular complexity index is 1030. The van der Waals surface area contributed by atoms with Crippen LogP contribution in [0.4, 0.5) is 0 Å². The van der Waals surface area contributed by atoms with Crippen LogP contribution in [0.2, 0.25) is 0 Å². The lowest BCUT2D eigenvalue weighted by Gasteiger charge is -2.58. The van der Waals surface area contributed by atoms with Crippen molar-refractivity contribution in [2.75, 3.05) is 31.9 Å². The molecular weight excluding hydrogens is 641 g/mol. The third kappa shape index (κ3) is 11.4. The maximum Gasteiger partial charge on any atom is 0.223 e. The number of rotatable bonds is 21. The number of allylic oxidation sites excluding steroid dienone is 2. The zero-order valence-electron chi connectivity index (χ0n) is 32.9. The van der Waals surface area contributed by atoms with Crippen LogP contribution in [0.1, 0.15) is 151 Å². The average Bonchev–Trinajstić information content (AvgIpc) is 3.40. The standard InChI is InChI=1S/C42H78N4OS2/c1-30(2)11-10-12-31(3)37-15-16-38-36-14-13-34-29-35(17-22-41(34,6)39(36)18-23-42(37,38)7)49-48-28-21-40(47)46(27-20-33(5)44)26-9-8-24-45-25-19-32(4)43/h13,30-33,35-39,45H,8-12,14-29,43-44H2,1-7H3/t31-,32?,33?,35+,36+,37-,38+,39+,41+,42-/m1/s1. The van der Waals surface area contributed by atoms with Crippen molar-refractivity contribution in [2.24, 2.45) is 57.8 Å². The van der Waals surface area contributed by atoms with E-state index in [2.05, 4.69) is 68.6 Å². The van der Waals surface area contributed by atoms with E-state index in [1.807, 2.05) is 17.7 Å². The summed E-state index contributed by atoms with van der Waals surface area (Å²) in [6.07, 6.45) is 22.8. The molecule has 284 valence electrons. The van der Waals surface area contributed by atoms with Gasteiger partial charge in [0.2, 0.25) is 5.91 Å². The smallest absolute Gasteiger partial charge is 0.223 e. The SMILES string of the molecule is CC(C)CCC[C@@H](C)[C@H]1CC[C@H]2[C@@H]3CC=C4C[C@@H](SSCCC(=O)N(CCCCNCCC(C)N)CCC(C)N)CC[C@]4(C)[C@H]3CC[C@]12C. The number of nitrogens with one attached hydrogen (secondary N) is 1. The Hall–Kier alpha value is -0.210. The van der Waals surface area contributed by atoms with Crippen molar-refractivity contribution in [3.05, 3.63) is 11.6 Å².